The molecule has 1 heterocycles. The molecular weight excluding hydrogens is 442 g/mol. The van der Waals surface area contributed by atoms with Gasteiger partial charge in [0.25, 0.3) is 0 Å². The van der Waals surface area contributed by atoms with Gasteiger partial charge in [-0.05, 0) is 57.8 Å². The molecule has 0 radical (unpaired) electrons. The van der Waals surface area contributed by atoms with Gasteiger partial charge in [-0.2, -0.15) is 0 Å². The second-order valence-electron chi connectivity index (χ2n) is 10.9. The smallest absolute Gasteiger partial charge is 0.157 e. The van der Waals surface area contributed by atoms with Gasteiger partial charge >= 0.3 is 0 Å². The number of hydrogen-bond acceptors (Lipinski definition) is 3. The van der Waals surface area contributed by atoms with Gasteiger partial charge in [0, 0.05) is 26.2 Å². The Morgan fingerprint density at radius 3 is 1.69 bits per heavy atom. The quantitative estimate of drug-likeness (QED) is 0.0437. The van der Waals surface area contributed by atoms with Crippen molar-refractivity contribution < 1.29 is 9.47 Å². The Labute approximate surface area is 226 Å². The first-order valence-corrected chi connectivity index (χ1v) is 16.1. The predicted molar refractivity (Wildman–Crippen MR) is 159 cm³/mol. The van der Waals surface area contributed by atoms with Crippen LogP contribution in [0.25, 0.3) is 0 Å². The van der Waals surface area contributed by atoms with Crippen LogP contribution in [0.1, 0.15) is 149 Å². The highest BCUT2D eigenvalue weighted by Gasteiger charge is 2.16. The maximum atomic E-state index is 6.15. The Kier molecular flexibility index (Phi) is 25.4. The number of unbranched alkanes of at least 4 members (excludes halogenated alkanes) is 15. The monoisotopic (exact) mass is 505 g/mol. The van der Waals surface area contributed by atoms with Crippen LogP contribution in [0, 0.1) is 0 Å². The Morgan fingerprint density at radius 2 is 1.06 bits per heavy atom. The fourth-order valence-corrected chi connectivity index (χ4v) is 4.59. The van der Waals surface area contributed by atoms with Gasteiger partial charge in [-0.25, -0.2) is 0 Å². The average molecular weight is 506 g/mol. The van der Waals surface area contributed by atoms with Gasteiger partial charge in [0.1, 0.15) is 0 Å². The summed E-state index contributed by atoms with van der Waals surface area (Å²) in [4.78, 5) is 2.47. The highest BCUT2D eigenvalue weighted by Crippen LogP contribution is 2.15. The summed E-state index contributed by atoms with van der Waals surface area (Å²) in [5.41, 5.74) is 0. The van der Waals surface area contributed by atoms with Crippen molar-refractivity contribution in [1.82, 2.24) is 4.90 Å². The summed E-state index contributed by atoms with van der Waals surface area (Å²) in [5.74, 6) is 0. The van der Waals surface area contributed by atoms with Crippen LogP contribution in [0.15, 0.2) is 24.3 Å². The van der Waals surface area contributed by atoms with Crippen LogP contribution in [-0.2, 0) is 9.47 Å². The molecule has 1 atom stereocenters. The van der Waals surface area contributed by atoms with E-state index in [0.29, 0.717) is 0 Å². The SMILES string of the molecule is CCCCC/C=C\C/C=C\CCCCCCCCCC(OCCCCCCCC)OCCCN1CC1. The van der Waals surface area contributed by atoms with Crippen molar-refractivity contribution in [1.29, 1.82) is 0 Å². The molecule has 3 heteroatoms. The van der Waals surface area contributed by atoms with E-state index >= 15 is 0 Å². The van der Waals surface area contributed by atoms with Crippen LogP contribution in [0.5, 0.6) is 0 Å². The van der Waals surface area contributed by atoms with E-state index in [2.05, 4.69) is 43.1 Å². The van der Waals surface area contributed by atoms with Crippen molar-refractivity contribution in [3.63, 3.8) is 0 Å². The summed E-state index contributed by atoms with van der Waals surface area (Å²) in [6.45, 7) is 10.0. The highest BCUT2D eigenvalue weighted by atomic mass is 16.7. The molecule has 0 amide bonds. The molecule has 212 valence electrons. The molecule has 36 heavy (non-hydrogen) atoms. The van der Waals surface area contributed by atoms with Crippen molar-refractivity contribution in [3.8, 4) is 0 Å². The Bertz CT molecular complexity index is 486. The standard InChI is InChI=1S/C33H63NO2/c1-3-5-7-9-11-12-13-14-15-16-17-18-19-20-21-22-24-27-33(36-32-26-28-34-29-30-34)35-31-25-23-10-8-6-4-2/h11-12,14-15,33H,3-10,13,16-32H2,1-2H3/b12-11-,15-14-. The number of rotatable bonds is 29. The Hall–Kier alpha value is -0.640. The van der Waals surface area contributed by atoms with Crippen LogP contribution < -0.4 is 0 Å². The molecule has 1 unspecified atom stereocenters. The van der Waals surface area contributed by atoms with Crippen LogP contribution >= 0.6 is 0 Å². The first kappa shape index (κ1) is 33.4. The van der Waals surface area contributed by atoms with Crippen molar-refractivity contribution >= 4 is 0 Å². The summed E-state index contributed by atoms with van der Waals surface area (Å²) in [6, 6.07) is 0. The van der Waals surface area contributed by atoms with Crippen molar-refractivity contribution in [2.24, 2.45) is 0 Å². The molecule has 0 N–H and O–H groups in total. The molecule has 1 aliphatic heterocycles. The Morgan fingerprint density at radius 1 is 0.556 bits per heavy atom. The average Bonchev–Trinajstić information content (AvgIpc) is 3.72. The third-order valence-corrected chi connectivity index (χ3v) is 7.15. The third-order valence-electron chi connectivity index (χ3n) is 7.15. The van der Waals surface area contributed by atoms with E-state index in [1.54, 1.807) is 0 Å². The maximum absolute atomic E-state index is 6.15. The van der Waals surface area contributed by atoms with Crippen LogP contribution in [0.3, 0.4) is 0 Å². The molecule has 0 saturated carbocycles. The normalized spacial score (nSPS) is 14.9. The van der Waals surface area contributed by atoms with E-state index in [4.69, 9.17) is 9.47 Å². The minimum Gasteiger partial charge on any atom is -0.353 e. The van der Waals surface area contributed by atoms with Crippen molar-refractivity contribution in [2.45, 2.75) is 155 Å². The summed E-state index contributed by atoms with van der Waals surface area (Å²) < 4.78 is 12.3. The van der Waals surface area contributed by atoms with Gasteiger partial charge in [0.2, 0.25) is 0 Å². The lowest BCUT2D eigenvalue weighted by atomic mass is 10.1. The number of ether oxygens (including phenoxy) is 2. The molecule has 3 nitrogen and oxygen atoms in total. The number of allylic oxidation sites excluding steroid dienone is 4. The van der Waals surface area contributed by atoms with Gasteiger partial charge in [0.15, 0.2) is 6.29 Å². The van der Waals surface area contributed by atoms with Crippen LogP contribution in [0.2, 0.25) is 0 Å². The lowest BCUT2D eigenvalue weighted by Gasteiger charge is -2.19. The van der Waals surface area contributed by atoms with Gasteiger partial charge in [-0.1, -0.05) is 115 Å². The van der Waals surface area contributed by atoms with E-state index in [1.165, 1.54) is 135 Å². The lowest BCUT2D eigenvalue weighted by Crippen LogP contribution is -2.20. The molecule has 0 aromatic heterocycles. The predicted octanol–water partition coefficient (Wildman–Crippen LogP) is 10.0. The zero-order valence-corrected chi connectivity index (χ0v) is 24.5. The topological polar surface area (TPSA) is 21.5 Å². The second-order valence-corrected chi connectivity index (χ2v) is 10.9. The largest absolute Gasteiger partial charge is 0.353 e. The minimum absolute atomic E-state index is 0.0211. The van der Waals surface area contributed by atoms with Crippen molar-refractivity contribution in [3.05, 3.63) is 24.3 Å². The minimum atomic E-state index is 0.0211. The molecule has 1 aliphatic rings. The Balaban J connectivity index is 1.96. The fourth-order valence-electron chi connectivity index (χ4n) is 4.59. The van der Waals surface area contributed by atoms with Gasteiger partial charge < -0.3 is 14.4 Å². The van der Waals surface area contributed by atoms with E-state index in [9.17, 15) is 0 Å². The molecule has 0 aliphatic carbocycles. The van der Waals surface area contributed by atoms with Gasteiger partial charge in [0.05, 0.1) is 6.61 Å². The van der Waals surface area contributed by atoms with Crippen molar-refractivity contribution in [2.75, 3.05) is 32.8 Å². The fraction of sp³-hybridized carbons (Fsp3) is 0.879. The lowest BCUT2D eigenvalue weighted by molar-refractivity contribution is -0.148. The molecule has 1 rings (SSSR count). The second kappa shape index (κ2) is 27.4. The van der Waals surface area contributed by atoms with E-state index in [1.807, 2.05) is 0 Å². The van der Waals surface area contributed by atoms with Crippen LogP contribution in [0.4, 0.5) is 0 Å². The van der Waals surface area contributed by atoms with Crippen LogP contribution in [-0.4, -0.2) is 44.0 Å². The van der Waals surface area contributed by atoms with E-state index < -0.39 is 0 Å². The molecule has 1 fully saturated rings. The molecule has 0 aromatic carbocycles. The molecule has 0 aromatic rings. The number of nitrogens with zero attached hydrogens (tertiary/aromatic N) is 1. The van der Waals surface area contributed by atoms with E-state index in [-0.39, 0.29) is 6.29 Å². The molecule has 1 saturated heterocycles. The molecule has 0 bridgehead atoms. The molecular formula is C33H63NO2. The summed E-state index contributed by atoms with van der Waals surface area (Å²) in [7, 11) is 0. The van der Waals surface area contributed by atoms with E-state index in [0.717, 1.165) is 32.5 Å². The van der Waals surface area contributed by atoms with Gasteiger partial charge in [-0.3, -0.25) is 0 Å². The maximum Gasteiger partial charge on any atom is 0.157 e. The summed E-state index contributed by atoms with van der Waals surface area (Å²) >= 11 is 0. The third kappa shape index (κ3) is 25.0. The molecule has 0 spiro atoms. The van der Waals surface area contributed by atoms with Gasteiger partial charge in [-0.15, -0.1) is 0 Å². The number of hydrogen-bond donors (Lipinski definition) is 0. The summed E-state index contributed by atoms with van der Waals surface area (Å²) in [5, 5.41) is 0. The summed E-state index contributed by atoms with van der Waals surface area (Å²) in [6.07, 6.45) is 36.6. The first-order valence-electron chi connectivity index (χ1n) is 16.1. The first-order chi connectivity index (χ1) is 17.9. The zero-order chi connectivity index (χ0) is 25.8. The zero-order valence-electron chi connectivity index (χ0n) is 24.5. The highest BCUT2D eigenvalue weighted by molar-refractivity contribution is 4.92.